The smallest absolute Gasteiger partial charge is 0.269 e. The first kappa shape index (κ1) is 18.3. The Balaban J connectivity index is 1.60. The van der Waals surface area contributed by atoms with Crippen LogP contribution in [0.4, 0.5) is 10.8 Å². The van der Waals surface area contributed by atoms with Gasteiger partial charge in [0.05, 0.1) is 4.92 Å². The fourth-order valence-electron chi connectivity index (χ4n) is 1.98. The Labute approximate surface area is 161 Å². The fourth-order valence-corrected chi connectivity index (χ4v) is 4.01. The number of non-ortho nitro benzene ring substituents is 1. The summed E-state index contributed by atoms with van der Waals surface area (Å²) in [5.41, 5.74) is 1.22. The first-order valence-electron chi connectivity index (χ1n) is 7.28. The van der Waals surface area contributed by atoms with Crippen LogP contribution >= 0.6 is 34.7 Å². The SMILES string of the molecule is O=C(Nc1nnc(SCc2ccccc2Cl)s1)c1ccc([N+](=O)[O-])cc1. The number of thioether (sulfide) groups is 1. The van der Waals surface area contributed by atoms with Gasteiger partial charge in [-0.2, -0.15) is 0 Å². The van der Waals surface area contributed by atoms with E-state index in [1.165, 1.54) is 47.4 Å². The highest BCUT2D eigenvalue weighted by Crippen LogP contribution is 2.30. The Hall–Kier alpha value is -2.49. The number of halogens is 1. The minimum Gasteiger partial charge on any atom is -0.296 e. The molecule has 1 N–H and O–H groups in total. The van der Waals surface area contributed by atoms with Crippen LogP contribution in [0.25, 0.3) is 0 Å². The Bertz CT molecular complexity index is 947. The van der Waals surface area contributed by atoms with Gasteiger partial charge in [0, 0.05) is 28.5 Å². The monoisotopic (exact) mass is 406 g/mol. The van der Waals surface area contributed by atoms with E-state index in [-0.39, 0.29) is 5.69 Å². The van der Waals surface area contributed by atoms with Crippen LogP contribution in [0.1, 0.15) is 15.9 Å². The molecule has 0 bridgehead atoms. The molecule has 0 fully saturated rings. The molecule has 10 heteroatoms. The first-order valence-corrected chi connectivity index (χ1v) is 9.46. The summed E-state index contributed by atoms with van der Waals surface area (Å²) < 4.78 is 0.698. The van der Waals surface area contributed by atoms with E-state index in [9.17, 15) is 14.9 Å². The lowest BCUT2D eigenvalue weighted by atomic mass is 10.2. The predicted molar refractivity (Wildman–Crippen MR) is 102 cm³/mol. The highest BCUT2D eigenvalue weighted by atomic mass is 35.5. The third kappa shape index (κ3) is 4.57. The number of carbonyl (C=O) groups is 1. The summed E-state index contributed by atoms with van der Waals surface area (Å²) in [6.07, 6.45) is 0. The van der Waals surface area contributed by atoms with Crippen LogP contribution in [0.2, 0.25) is 5.02 Å². The van der Waals surface area contributed by atoms with Crippen LogP contribution in [0, 0.1) is 10.1 Å². The van der Waals surface area contributed by atoms with E-state index in [1.54, 1.807) is 0 Å². The van der Waals surface area contributed by atoms with Gasteiger partial charge in [-0.1, -0.05) is 52.9 Å². The van der Waals surface area contributed by atoms with E-state index in [4.69, 9.17) is 11.6 Å². The maximum absolute atomic E-state index is 12.2. The molecule has 1 aromatic heterocycles. The quantitative estimate of drug-likeness (QED) is 0.277. The number of aromatic nitrogens is 2. The molecule has 0 aliphatic heterocycles. The van der Waals surface area contributed by atoms with Gasteiger partial charge in [-0.25, -0.2) is 0 Å². The van der Waals surface area contributed by atoms with Crippen molar-refractivity contribution in [3.8, 4) is 0 Å². The number of nitro groups is 1. The van der Waals surface area contributed by atoms with Crippen LogP contribution in [-0.4, -0.2) is 21.0 Å². The lowest BCUT2D eigenvalue weighted by Crippen LogP contribution is -2.11. The number of hydrogen-bond donors (Lipinski definition) is 1. The maximum Gasteiger partial charge on any atom is 0.269 e. The Morgan fingerprint density at radius 3 is 2.62 bits per heavy atom. The topological polar surface area (TPSA) is 98.0 Å². The molecule has 0 spiro atoms. The van der Waals surface area contributed by atoms with Crippen LogP contribution < -0.4 is 5.32 Å². The van der Waals surface area contributed by atoms with E-state index >= 15 is 0 Å². The zero-order valence-electron chi connectivity index (χ0n) is 13.1. The summed E-state index contributed by atoms with van der Waals surface area (Å²) in [4.78, 5) is 22.3. The van der Waals surface area contributed by atoms with Gasteiger partial charge in [-0.15, -0.1) is 10.2 Å². The minimum absolute atomic E-state index is 0.0734. The number of nitrogens with one attached hydrogen (secondary N) is 1. The van der Waals surface area contributed by atoms with Crippen LogP contribution in [0.5, 0.6) is 0 Å². The van der Waals surface area contributed by atoms with Gasteiger partial charge < -0.3 is 0 Å². The van der Waals surface area contributed by atoms with Gasteiger partial charge in [0.2, 0.25) is 5.13 Å². The third-order valence-electron chi connectivity index (χ3n) is 3.28. The van der Waals surface area contributed by atoms with Crippen molar-refractivity contribution in [1.82, 2.24) is 10.2 Å². The number of carbonyl (C=O) groups excluding carboxylic acids is 1. The number of amides is 1. The molecule has 7 nitrogen and oxygen atoms in total. The van der Waals surface area contributed by atoms with Gasteiger partial charge in [-0.3, -0.25) is 20.2 Å². The molecular formula is C16H11ClN4O3S2. The summed E-state index contributed by atoms with van der Waals surface area (Å²) in [6.45, 7) is 0. The van der Waals surface area contributed by atoms with Crippen molar-refractivity contribution in [2.45, 2.75) is 10.1 Å². The molecule has 0 atom stereocenters. The maximum atomic E-state index is 12.2. The number of anilines is 1. The van der Waals surface area contributed by atoms with Crippen molar-refractivity contribution < 1.29 is 9.72 Å². The first-order chi connectivity index (χ1) is 12.5. The fraction of sp³-hybridized carbons (Fsp3) is 0.0625. The summed E-state index contributed by atoms with van der Waals surface area (Å²) in [5, 5.41) is 22.3. The molecule has 26 heavy (non-hydrogen) atoms. The molecule has 2 aromatic carbocycles. The lowest BCUT2D eigenvalue weighted by Gasteiger charge is -2.01. The molecule has 3 rings (SSSR count). The molecule has 0 radical (unpaired) electrons. The zero-order valence-corrected chi connectivity index (χ0v) is 15.5. The predicted octanol–water partition coefficient (Wildman–Crippen LogP) is 4.64. The van der Waals surface area contributed by atoms with Gasteiger partial charge in [0.15, 0.2) is 4.34 Å². The van der Waals surface area contributed by atoms with E-state index < -0.39 is 10.8 Å². The largest absolute Gasteiger partial charge is 0.296 e. The van der Waals surface area contributed by atoms with E-state index in [0.29, 0.717) is 25.8 Å². The zero-order chi connectivity index (χ0) is 18.5. The van der Waals surface area contributed by atoms with Crippen molar-refractivity contribution in [2.75, 3.05) is 5.32 Å². The van der Waals surface area contributed by atoms with Crippen molar-refractivity contribution >= 4 is 51.4 Å². The molecule has 132 valence electrons. The summed E-state index contributed by atoms with van der Waals surface area (Å²) >= 11 is 8.84. The second-order valence-electron chi connectivity index (χ2n) is 5.01. The van der Waals surface area contributed by atoms with Crippen molar-refractivity contribution in [1.29, 1.82) is 0 Å². The average molecular weight is 407 g/mol. The average Bonchev–Trinajstić information content (AvgIpc) is 3.08. The number of nitrogens with zero attached hydrogens (tertiary/aromatic N) is 3. The Morgan fingerprint density at radius 2 is 1.92 bits per heavy atom. The number of hydrogen-bond acceptors (Lipinski definition) is 7. The minimum atomic E-state index is -0.519. The van der Waals surface area contributed by atoms with Gasteiger partial charge >= 0.3 is 0 Å². The molecular weight excluding hydrogens is 396 g/mol. The van der Waals surface area contributed by atoms with Gasteiger partial charge in [0.25, 0.3) is 11.6 Å². The summed E-state index contributed by atoms with van der Waals surface area (Å²) in [7, 11) is 0. The molecule has 0 aliphatic rings. The molecule has 0 aliphatic carbocycles. The van der Waals surface area contributed by atoms with Crippen molar-refractivity contribution in [2.24, 2.45) is 0 Å². The third-order valence-corrected chi connectivity index (χ3v) is 5.67. The Morgan fingerprint density at radius 1 is 1.19 bits per heavy atom. The van der Waals surface area contributed by atoms with Crippen LogP contribution in [0.3, 0.4) is 0 Å². The molecule has 0 unspecified atom stereocenters. The number of benzene rings is 2. The molecule has 0 saturated heterocycles. The van der Waals surface area contributed by atoms with E-state index in [2.05, 4.69) is 15.5 Å². The van der Waals surface area contributed by atoms with E-state index in [0.717, 1.165) is 5.56 Å². The van der Waals surface area contributed by atoms with Gasteiger partial charge in [-0.05, 0) is 23.8 Å². The highest BCUT2D eigenvalue weighted by molar-refractivity contribution is 8.00. The normalized spacial score (nSPS) is 10.5. The molecule has 3 aromatic rings. The molecule has 0 saturated carbocycles. The summed E-state index contributed by atoms with van der Waals surface area (Å²) in [5.74, 6) is 0.239. The van der Waals surface area contributed by atoms with Crippen molar-refractivity contribution in [3.63, 3.8) is 0 Å². The van der Waals surface area contributed by atoms with Crippen molar-refractivity contribution in [3.05, 3.63) is 74.8 Å². The molecule has 1 heterocycles. The second kappa shape index (κ2) is 8.26. The van der Waals surface area contributed by atoms with Gasteiger partial charge in [0.1, 0.15) is 0 Å². The number of nitro benzene ring substituents is 1. The molecule has 1 amide bonds. The standard InChI is InChI=1S/C16H11ClN4O3S2/c17-13-4-2-1-3-11(13)9-25-16-20-19-15(26-16)18-14(22)10-5-7-12(8-6-10)21(23)24/h1-8H,9H2,(H,18,19,22). The van der Waals surface area contributed by atoms with Crippen LogP contribution in [0.15, 0.2) is 52.9 Å². The Kier molecular flexibility index (Phi) is 5.82. The summed E-state index contributed by atoms with van der Waals surface area (Å²) in [6, 6.07) is 12.9. The second-order valence-corrected chi connectivity index (χ2v) is 7.62. The lowest BCUT2D eigenvalue weighted by molar-refractivity contribution is -0.384. The highest BCUT2D eigenvalue weighted by Gasteiger charge is 2.13. The van der Waals surface area contributed by atoms with E-state index in [1.807, 2.05) is 24.3 Å². The van der Waals surface area contributed by atoms with Crippen LogP contribution in [-0.2, 0) is 5.75 Å². The number of rotatable bonds is 6.